The van der Waals surface area contributed by atoms with Crippen molar-refractivity contribution in [1.82, 2.24) is 4.98 Å². The molecule has 0 saturated carbocycles. The molecule has 2 aromatic carbocycles. The van der Waals surface area contributed by atoms with E-state index in [9.17, 15) is 9.90 Å². The molecule has 0 unspecified atom stereocenters. The molecule has 0 radical (unpaired) electrons. The number of ether oxygens (including phenoxy) is 1. The molecule has 4 rings (SSSR count). The quantitative estimate of drug-likeness (QED) is 0.561. The third-order valence-corrected chi connectivity index (χ3v) is 5.07. The van der Waals surface area contributed by atoms with Crippen LogP contribution >= 0.6 is 0 Å². The maximum absolute atomic E-state index is 11.4. The van der Waals surface area contributed by atoms with Gasteiger partial charge in [0.2, 0.25) is 0 Å². The van der Waals surface area contributed by atoms with Crippen molar-refractivity contribution in [3.8, 4) is 5.75 Å². The minimum Gasteiger partial charge on any atom is -0.493 e. The highest BCUT2D eigenvalue weighted by Gasteiger charge is 2.22. The van der Waals surface area contributed by atoms with Gasteiger partial charge in [0.25, 0.3) is 0 Å². The SMILES string of the molecule is Cc1cccc(Nc2ccc3c(c2)OCC[C@H]3CNc2cnccc2C(=O)O)c1. The van der Waals surface area contributed by atoms with Gasteiger partial charge >= 0.3 is 5.97 Å². The molecule has 29 heavy (non-hydrogen) atoms. The highest BCUT2D eigenvalue weighted by Crippen LogP contribution is 2.36. The summed E-state index contributed by atoms with van der Waals surface area (Å²) in [6.07, 6.45) is 3.91. The Labute approximate surface area is 169 Å². The van der Waals surface area contributed by atoms with E-state index < -0.39 is 5.97 Å². The number of pyridine rings is 1. The maximum Gasteiger partial charge on any atom is 0.337 e. The number of nitrogens with one attached hydrogen (secondary N) is 2. The minimum absolute atomic E-state index is 0.227. The van der Waals surface area contributed by atoms with Gasteiger partial charge in [0.05, 0.1) is 24.1 Å². The molecule has 0 spiro atoms. The molecule has 0 amide bonds. The number of hydrogen-bond donors (Lipinski definition) is 3. The standard InChI is InChI=1S/C23H23N3O3/c1-15-3-2-4-17(11-15)26-18-5-6-19-16(8-10-29-22(19)12-18)13-25-21-14-24-9-7-20(21)23(27)28/h2-7,9,11-12,14,16,25-26H,8,10,13H2,1H3,(H,27,28)/t16-/m0/s1. The van der Waals surface area contributed by atoms with Gasteiger partial charge in [0.15, 0.2) is 0 Å². The van der Waals surface area contributed by atoms with Gasteiger partial charge in [0, 0.05) is 36.1 Å². The zero-order chi connectivity index (χ0) is 20.2. The first-order chi connectivity index (χ1) is 14.1. The van der Waals surface area contributed by atoms with E-state index in [-0.39, 0.29) is 11.5 Å². The van der Waals surface area contributed by atoms with Crippen LogP contribution in [0.4, 0.5) is 17.1 Å². The molecule has 3 aromatic rings. The molecule has 2 heterocycles. The number of anilines is 3. The first kappa shape index (κ1) is 18.8. The summed E-state index contributed by atoms with van der Waals surface area (Å²) < 4.78 is 5.90. The Morgan fingerprint density at radius 2 is 2.07 bits per heavy atom. The Morgan fingerprint density at radius 3 is 2.90 bits per heavy atom. The third-order valence-electron chi connectivity index (χ3n) is 5.07. The number of aryl methyl sites for hydroxylation is 1. The second-order valence-electron chi connectivity index (χ2n) is 7.19. The summed E-state index contributed by atoms with van der Waals surface area (Å²) in [6, 6.07) is 15.9. The Bertz CT molecular complexity index is 1040. The summed E-state index contributed by atoms with van der Waals surface area (Å²) in [5, 5.41) is 16.0. The zero-order valence-corrected chi connectivity index (χ0v) is 16.2. The number of carboxylic acids is 1. The van der Waals surface area contributed by atoms with E-state index >= 15 is 0 Å². The largest absolute Gasteiger partial charge is 0.493 e. The number of aromatic carboxylic acids is 1. The topological polar surface area (TPSA) is 83.5 Å². The number of hydrogen-bond acceptors (Lipinski definition) is 5. The lowest BCUT2D eigenvalue weighted by molar-refractivity contribution is 0.0697. The van der Waals surface area contributed by atoms with E-state index in [0.717, 1.165) is 29.1 Å². The van der Waals surface area contributed by atoms with Crippen LogP contribution in [0.15, 0.2) is 60.9 Å². The second-order valence-corrected chi connectivity index (χ2v) is 7.19. The molecule has 1 atom stereocenters. The zero-order valence-electron chi connectivity index (χ0n) is 16.2. The van der Waals surface area contributed by atoms with Crippen LogP contribution in [-0.2, 0) is 0 Å². The van der Waals surface area contributed by atoms with E-state index in [2.05, 4.69) is 46.8 Å². The molecule has 0 bridgehead atoms. The average molecular weight is 389 g/mol. The lowest BCUT2D eigenvalue weighted by Crippen LogP contribution is -2.21. The Kier molecular flexibility index (Phi) is 5.33. The summed E-state index contributed by atoms with van der Waals surface area (Å²) in [4.78, 5) is 15.4. The van der Waals surface area contributed by atoms with Crippen molar-refractivity contribution in [3.63, 3.8) is 0 Å². The molecule has 148 valence electrons. The fourth-order valence-electron chi connectivity index (χ4n) is 3.60. The molecule has 1 aromatic heterocycles. The highest BCUT2D eigenvalue weighted by molar-refractivity contribution is 5.93. The van der Waals surface area contributed by atoms with Gasteiger partial charge in [-0.3, -0.25) is 4.98 Å². The van der Waals surface area contributed by atoms with Gasteiger partial charge in [-0.2, -0.15) is 0 Å². The Morgan fingerprint density at radius 1 is 1.21 bits per heavy atom. The predicted molar refractivity (Wildman–Crippen MR) is 113 cm³/mol. The average Bonchev–Trinajstić information content (AvgIpc) is 2.72. The number of rotatable bonds is 6. The van der Waals surface area contributed by atoms with Crippen molar-refractivity contribution in [3.05, 3.63) is 77.6 Å². The summed E-state index contributed by atoms with van der Waals surface area (Å²) in [5.74, 6) is 0.133. The van der Waals surface area contributed by atoms with Crippen molar-refractivity contribution in [2.24, 2.45) is 0 Å². The van der Waals surface area contributed by atoms with Gasteiger partial charge in [-0.15, -0.1) is 0 Å². The third kappa shape index (κ3) is 4.32. The van der Waals surface area contributed by atoms with Crippen molar-refractivity contribution in [2.75, 3.05) is 23.8 Å². The summed E-state index contributed by atoms with van der Waals surface area (Å²) in [7, 11) is 0. The molecular formula is C23H23N3O3. The van der Waals surface area contributed by atoms with Crippen LogP contribution in [0.2, 0.25) is 0 Å². The van der Waals surface area contributed by atoms with E-state index in [1.165, 1.54) is 17.8 Å². The lowest BCUT2D eigenvalue weighted by Gasteiger charge is -2.27. The van der Waals surface area contributed by atoms with Crippen LogP contribution < -0.4 is 15.4 Å². The van der Waals surface area contributed by atoms with Crippen molar-refractivity contribution in [2.45, 2.75) is 19.3 Å². The van der Waals surface area contributed by atoms with Gasteiger partial charge in [-0.05, 0) is 48.7 Å². The predicted octanol–water partition coefficient (Wildman–Crippen LogP) is 4.81. The highest BCUT2D eigenvalue weighted by atomic mass is 16.5. The van der Waals surface area contributed by atoms with Gasteiger partial charge in [0.1, 0.15) is 5.75 Å². The van der Waals surface area contributed by atoms with Crippen molar-refractivity contribution in [1.29, 1.82) is 0 Å². The number of fused-ring (bicyclic) bond motifs is 1. The minimum atomic E-state index is -0.964. The molecule has 0 fully saturated rings. The van der Waals surface area contributed by atoms with Crippen LogP contribution in [0.1, 0.15) is 33.8 Å². The molecule has 3 N–H and O–H groups in total. The summed E-state index contributed by atoms with van der Waals surface area (Å²) in [5.41, 5.74) is 5.10. The first-order valence-electron chi connectivity index (χ1n) is 9.62. The number of aromatic nitrogens is 1. The Hall–Kier alpha value is -3.54. The monoisotopic (exact) mass is 389 g/mol. The van der Waals surface area contributed by atoms with Gasteiger partial charge in [-0.25, -0.2) is 4.79 Å². The maximum atomic E-state index is 11.4. The number of carbonyl (C=O) groups is 1. The normalized spacial score (nSPS) is 15.1. The molecular weight excluding hydrogens is 366 g/mol. The molecule has 1 aliphatic rings. The summed E-state index contributed by atoms with van der Waals surface area (Å²) >= 11 is 0. The second kappa shape index (κ2) is 8.22. The summed E-state index contributed by atoms with van der Waals surface area (Å²) in [6.45, 7) is 3.32. The van der Waals surface area contributed by atoms with Crippen LogP contribution in [0, 0.1) is 6.92 Å². The van der Waals surface area contributed by atoms with Gasteiger partial charge in [-0.1, -0.05) is 18.2 Å². The first-order valence-corrected chi connectivity index (χ1v) is 9.62. The molecule has 6 heteroatoms. The Balaban J connectivity index is 1.49. The molecule has 1 aliphatic heterocycles. The number of nitrogens with zero attached hydrogens (tertiary/aromatic N) is 1. The lowest BCUT2D eigenvalue weighted by atomic mass is 9.92. The van der Waals surface area contributed by atoms with Gasteiger partial charge < -0.3 is 20.5 Å². The number of benzene rings is 2. The van der Waals surface area contributed by atoms with Crippen LogP contribution in [0.3, 0.4) is 0 Å². The van der Waals surface area contributed by atoms with E-state index in [4.69, 9.17) is 4.74 Å². The number of carboxylic acid groups (broad SMARTS) is 1. The van der Waals surface area contributed by atoms with Crippen molar-refractivity contribution < 1.29 is 14.6 Å². The van der Waals surface area contributed by atoms with E-state index in [1.54, 1.807) is 6.20 Å². The fraction of sp³-hybridized carbons (Fsp3) is 0.217. The van der Waals surface area contributed by atoms with Crippen molar-refractivity contribution >= 4 is 23.0 Å². The van der Waals surface area contributed by atoms with Crippen LogP contribution in [-0.4, -0.2) is 29.2 Å². The molecule has 6 nitrogen and oxygen atoms in total. The van der Waals surface area contributed by atoms with Crippen LogP contribution in [0.25, 0.3) is 0 Å². The smallest absolute Gasteiger partial charge is 0.337 e. The molecule has 0 aliphatic carbocycles. The fourth-order valence-corrected chi connectivity index (χ4v) is 3.60. The molecule has 0 saturated heterocycles. The van der Waals surface area contributed by atoms with E-state index in [0.29, 0.717) is 18.8 Å². The van der Waals surface area contributed by atoms with E-state index in [1.807, 2.05) is 18.2 Å². The van der Waals surface area contributed by atoms with Crippen LogP contribution in [0.5, 0.6) is 5.75 Å².